The number of nitrogens with two attached hydrogens (primary N) is 2. The number of thiazole rings is 1. The highest BCUT2D eigenvalue weighted by Gasteiger charge is 2.58. The highest BCUT2D eigenvalue weighted by molar-refractivity contribution is 7.80. The zero-order chi connectivity index (χ0) is 35.0. The molecule has 0 saturated carbocycles. The predicted octanol–water partition coefficient (Wildman–Crippen LogP) is -0.225. The summed E-state index contributed by atoms with van der Waals surface area (Å²) < 4.78 is 45.7. The van der Waals surface area contributed by atoms with E-state index in [0.717, 1.165) is 41.0 Å². The maximum absolute atomic E-state index is 13.4. The van der Waals surface area contributed by atoms with Crippen LogP contribution in [0.25, 0.3) is 11.1 Å². The fourth-order valence-corrected chi connectivity index (χ4v) is 6.39. The Bertz CT molecular complexity index is 1870. The third-order valence-electron chi connectivity index (χ3n) is 7.92. The molecule has 7 N–H and O–H groups in total. The second-order valence-electron chi connectivity index (χ2n) is 11.7. The Morgan fingerprint density at radius 3 is 2.71 bits per heavy atom. The number of carbonyl (C=O) groups excluding carboxylic acids is 2. The van der Waals surface area contributed by atoms with Crippen molar-refractivity contribution in [3.63, 3.8) is 0 Å². The van der Waals surface area contributed by atoms with Crippen LogP contribution in [-0.4, -0.2) is 86.6 Å². The molecular weight excluding hydrogens is 672 g/mol. The number of nitrogens with one attached hydrogen (secondary N) is 1. The lowest BCUT2D eigenvalue weighted by Gasteiger charge is -2.50. The smallest absolute Gasteiger partial charge is 0.418 e. The lowest BCUT2D eigenvalue weighted by Crippen LogP contribution is -2.76. The number of carboxylic acid groups (broad SMARTS) is 1. The van der Waals surface area contributed by atoms with E-state index in [1.54, 1.807) is 6.07 Å². The molecule has 2 amide bonds. The van der Waals surface area contributed by atoms with E-state index in [4.69, 9.17) is 25.6 Å². The van der Waals surface area contributed by atoms with Gasteiger partial charge in [0.15, 0.2) is 17.9 Å². The molecule has 0 bridgehead atoms. The minimum Gasteiger partial charge on any atom is -0.485 e. The van der Waals surface area contributed by atoms with Gasteiger partial charge < -0.3 is 31.5 Å². The van der Waals surface area contributed by atoms with Gasteiger partial charge in [0, 0.05) is 5.38 Å². The SMILES string of the molecule is C[n+]1cc(-c2ccc3c(c2)CCC([C@@H](O/N=C(\C(=O)N[C@@H]2C(=O)N(OS(=O)(=O)O)C2(C)C)c2csc(N)n2)C(=O)O)O3)cn1CCCN. The van der Waals surface area contributed by atoms with Gasteiger partial charge in [-0.15, -0.1) is 20.3 Å². The number of carbonyl (C=O) groups is 3. The number of anilines is 1. The number of aryl methyl sites for hydroxylation is 3. The number of β-lactam (4-membered cyclic amide) rings is 1. The monoisotopic (exact) mass is 707 g/mol. The van der Waals surface area contributed by atoms with Gasteiger partial charge in [-0.3, -0.25) is 14.1 Å². The number of aliphatic carboxylic acids is 1. The summed E-state index contributed by atoms with van der Waals surface area (Å²) in [6.45, 7) is 4.11. The zero-order valence-corrected chi connectivity index (χ0v) is 27.7. The predicted molar refractivity (Wildman–Crippen MR) is 169 cm³/mol. The van der Waals surface area contributed by atoms with Gasteiger partial charge in [0.05, 0.1) is 23.8 Å². The fourth-order valence-electron chi connectivity index (χ4n) is 5.39. The van der Waals surface area contributed by atoms with Crippen molar-refractivity contribution in [1.82, 2.24) is 20.0 Å². The van der Waals surface area contributed by atoms with Crippen molar-refractivity contribution in [1.29, 1.82) is 0 Å². The molecule has 5 rings (SSSR count). The number of hydrogen-bond donors (Lipinski definition) is 5. The van der Waals surface area contributed by atoms with Gasteiger partial charge in [-0.2, -0.15) is 18.2 Å². The van der Waals surface area contributed by atoms with Crippen molar-refractivity contribution in [2.75, 3.05) is 12.3 Å². The summed E-state index contributed by atoms with van der Waals surface area (Å²) in [7, 11) is -3.07. The van der Waals surface area contributed by atoms with Gasteiger partial charge in [-0.05, 0) is 62.9 Å². The number of rotatable bonds is 13. The molecule has 2 aliphatic heterocycles. The van der Waals surface area contributed by atoms with E-state index in [1.165, 1.54) is 19.2 Å². The van der Waals surface area contributed by atoms with Crippen LogP contribution >= 0.6 is 11.3 Å². The zero-order valence-electron chi connectivity index (χ0n) is 26.1. The maximum atomic E-state index is 13.4. The number of aromatic nitrogens is 3. The first kappa shape index (κ1) is 34.7. The van der Waals surface area contributed by atoms with Crippen molar-refractivity contribution < 1.29 is 51.0 Å². The Hall–Kier alpha value is -4.63. The Morgan fingerprint density at radius 2 is 2.08 bits per heavy atom. The molecule has 1 fully saturated rings. The van der Waals surface area contributed by atoms with E-state index in [-0.39, 0.29) is 17.2 Å². The Kier molecular flexibility index (Phi) is 9.74. The van der Waals surface area contributed by atoms with Crippen LogP contribution in [0.3, 0.4) is 0 Å². The van der Waals surface area contributed by atoms with E-state index in [0.29, 0.717) is 23.8 Å². The number of ether oxygens (including phenoxy) is 1. The summed E-state index contributed by atoms with van der Waals surface area (Å²) in [5, 5.41) is 18.1. The number of nitrogens with zero attached hydrogens (tertiary/aromatic N) is 5. The molecule has 2 aliphatic rings. The second kappa shape index (κ2) is 13.5. The molecule has 18 nitrogen and oxygen atoms in total. The van der Waals surface area contributed by atoms with Crippen LogP contribution in [-0.2, 0) is 53.9 Å². The summed E-state index contributed by atoms with van der Waals surface area (Å²) in [5.41, 5.74) is 12.2. The van der Waals surface area contributed by atoms with Crippen LogP contribution < -0.4 is 26.2 Å². The molecule has 1 unspecified atom stereocenters. The Labute approximate surface area is 278 Å². The number of fused-ring (bicyclic) bond motifs is 1. The first-order valence-corrected chi connectivity index (χ1v) is 16.9. The number of hydroxylamine groups is 2. The first-order valence-electron chi connectivity index (χ1n) is 14.6. The summed E-state index contributed by atoms with van der Waals surface area (Å²) >= 11 is 0.974. The number of oxime groups is 1. The highest BCUT2D eigenvalue weighted by Crippen LogP contribution is 2.34. The molecule has 20 heteroatoms. The minimum absolute atomic E-state index is 0.0672. The Morgan fingerprint density at radius 1 is 1.33 bits per heavy atom. The van der Waals surface area contributed by atoms with E-state index in [1.807, 2.05) is 36.3 Å². The molecule has 1 saturated heterocycles. The topological polar surface area (TPSA) is 255 Å². The number of benzene rings is 1. The van der Waals surface area contributed by atoms with Crippen molar-refractivity contribution in [2.45, 2.75) is 63.4 Å². The van der Waals surface area contributed by atoms with Gasteiger partial charge in [0.1, 0.15) is 23.6 Å². The summed E-state index contributed by atoms with van der Waals surface area (Å²) in [6, 6.07) is 4.31. The largest absolute Gasteiger partial charge is 0.485 e. The molecular formula is C28H35N8O10S2+. The highest BCUT2D eigenvalue weighted by atomic mass is 32.3. The molecule has 2 aromatic heterocycles. The molecule has 0 aliphatic carbocycles. The van der Waals surface area contributed by atoms with E-state index < -0.39 is 57.7 Å². The van der Waals surface area contributed by atoms with Crippen LogP contribution in [0.5, 0.6) is 5.75 Å². The van der Waals surface area contributed by atoms with Crippen LogP contribution in [0.4, 0.5) is 5.13 Å². The Balaban J connectivity index is 1.32. The lowest BCUT2D eigenvalue weighted by atomic mass is 9.84. The average molecular weight is 708 g/mol. The molecule has 3 aromatic rings. The van der Waals surface area contributed by atoms with Crippen molar-refractivity contribution >= 4 is 50.4 Å². The van der Waals surface area contributed by atoms with Crippen LogP contribution in [0.15, 0.2) is 41.1 Å². The standard InChI is InChI=1S/C28H34N8O10S2/c1-28(2)23(25(38)36(28)46-48(41,42)43)32-24(37)21(18-14-47-27(30)31-18)33-45-22(26(39)40)20-8-6-16-11-15(5-7-19(16)44-20)17-12-34(3)35(13-17)10-4-9-29/h5,7,11-14,20,22-23H,4,6,8-10,29H2,1-3H3,(H4-,30,31,32,37,39,40,41,42,43)/p+1/b33-21-/t20?,22-,23-/m1/s1. The third kappa shape index (κ3) is 7.26. The van der Waals surface area contributed by atoms with Crippen molar-refractivity contribution in [3.8, 4) is 16.9 Å². The number of hydrogen-bond acceptors (Lipinski definition) is 13. The number of carboxylic acids is 1. The van der Waals surface area contributed by atoms with Gasteiger partial charge in [-0.1, -0.05) is 11.2 Å². The van der Waals surface area contributed by atoms with Gasteiger partial charge in [0.2, 0.25) is 6.20 Å². The molecule has 0 radical (unpaired) electrons. The van der Waals surface area contributed by atoms with Crippen molar-refractivity contribution in [3.05, 3.63) is 47.2 Å². The average Bonchev–Trinajstić information content (AvgIpc) is 3.63. The second-order valence-corrected chi connectivity index (χ2v) is 13.6. The van der Waals surface area contributed by atoms with E-state index in [9.17, 15) is 27.9 Å². The lowest BCUT2D eigenvalue weighted by molar-refractivity contribution is -0.753. The molecule has 48 heavy (non-hydrogen) atoms. The number of nitrogen functional groups attached to an aromatic ring is 1. The quantitative estimate of drug-likeness (QED) is 0.0507. The van der Waals surface area contributed by atoms with Crippen molar-refractivity contribution in [2.24, 2.45) is 17.9 Å². The summed E-state index contributed by atoms with van der Waals surface area (Å²) in [4.78, 5) is 47.7. The van der Waals surface area contributed by atoms with Crippen LogP contribution in [0.2, 0.25) is 0 Å². The fraction of sp³-hybridized carbons (Fsp3) is 0.429. The normalized spacial score (nSPS) is 19.6. The molecule has 4 heterocycles. The summed E-state index contributed by atoms with van der Waals surface area (Å²) in [5.74, 6) is -2.91. The van der Waals surface area contributed by atoms with Gasteiger partial charge in [0.25, 0.3) is 17.9 Å². The summed E-state index contributed by atoms with van der Waals surface area (Å²) in [6.07, 6.45) is 2.98. The first-order chi connectivity index (χ1) is 22.6. The van der Waals surface area contributed by atoms with Gasteiger partial charge in [-0.25, -0.2) is 9.78 Å². The van der Waals surface area contributed by atoms with Crippen LogP contribution in [0, 0.1) is 0 Å². The minimum atomic E-state index is -5.02. The van der Waals surface area contributed by atoms with Gasteiger partial charge >= 0.3 is 16.4 Å². The number of amides is 2. The maximum Gasteiger partial charge on any atom is 0.418 e. The third-order valence-corrected chi connectivity index (χ3v) is 8.93. The van der Waals surface area contributed by atoms with E-state index in [2.05, 4.69) is 24.4 Å². The molecule has 1 aromatic carbocycles. The molecule has 258 valence electrons. The molecule has 0 spiro atoms. The van der Waals surface area contributed by atoms with E-state index >= 15 is 0 Å². The molecule has 3 atom stereocenters. The van der Waals surface area contributed by atoms with Crippen LogP contribution in [0.1, 0.15) is 37.9 Å².